The van der Waals surface area contributed by atoms with Gasteiger partial charge in [-0.15, -0.1) is 0 Å². The molecule has 1 nitrogen and oxygen atoms in total. The van der Waals surface area contributed by atoms with Gasteiger partial charge in [-0.05, 0) is 42.9 Å². The molecule has 0 fully saturated rings. The molecule has 16 heavy (non-hydrogen) atoms. The van der Waals surface area contributed by atoms with Crippen LogP contribution in [0.5, 0.6) is 0 Å². The highest BCUT2D eigenvalue weighted by Gasteiger charge is 2.08. The molecule has 0 aromatic heterocycles. The SMILES string of the molecule is CC(C)CCC(O)Cc1cc(F)cc(F)c1. The third-order valence-electron chi connectivity index (χ3n) is 2.47. The van der Waals surface area contributed by atoms with Crippen molar-refractivity contribution in [1.82, 2.24) is 0 Å². The summed E-state index contributed by atoms with van der Waals surface area (Å²) in [4.78, 5) is 0. The first-order chi connectivity index (χ1) is 7.47. The summed E-state index contributed by atoms with van der Waals surface area (Å²) in [6.07, 6.45) is 1.36. The highest BCUT2D eigenvalue weighted by molar-refractivity contribution is 5.18. The Hall–Kier alpha value is -0.960. The zero-order valence-electron chi connectivity index (χ0n) is 9.71. The molecular formula is C13H18F2O. The van der Waals surface area contributed by atoms with Gasteiger partial charge in [0, 0.05) is 6.07 Å². The second kappa shape index (κ2) is 5.94. The molecule has 0 heterocycles. The third-order valence-corrected chi connectivity index (χ3v) is 2.47. The van der Waals surface area contributed by atoms with Gasteiger partial charge in [0.15, 0.2) is 0 Å². The lowest BCUT2D eigenvalue weighted by molar-refractivity contribution is 0.156. The van der Waals surface area contributed by atoms with E-state index in [1.165, 1.54) is 12.1 Å². The average molecular weight is 228 g/mol. The first-order valence-corrected chi connectivity index (χ1v) is 5.60. The van der Waals surface area contributed by atoms with Crippen LogP contribution < -0.4 is 0 Å². The molecule has 1 unspecified atom stereocenters. The summed E-state index contributed by atoms with van der Waals surface area (Å²) in [5.41, 5.74) is 0.508. The van der Waals surface area contributed by atoms with Crippen molar-refractivity contribution in [3.63, 3.8) is 0 Å². The number of aliphatic hydroxyl groups is 1. The van der Waals surface area contributed by atoms with Crippen LogP contribution in [0.3, 0.4) is 0 Å². The van der Waals surface area contributed by atoms with Gasteiger partial charge in [-0.2, -0.15) is 0 Å². The summed E-state index contributed by atoms with van der Waals surface area (Å²) in [5, 5.41) is 9.69. The van der Waals surface area contributed by atoms with Crippen molar-refractivity contribution in [2.75, 3.05) is 0 Å². The molecule has 90 valence electrons. The fourth-order valence-corrected chi connectivity index (χ4v) is 1.63. The monoisotopic (exact) mass is 228 g/mol. The van der Waals surface area contributed by atoms with Gasteiger partial charge in [0.25, 0.3) is 0 Å². The lowest BCUT2D eigenvalue weighted by Gasteiger charge is -2.12. The van der Waals surface area contributed by atoms with E-state index in [1.54, 1.807) is 0 Å². The summed E-state index contributed by atoms with van der Waals surface area (Å²) in [7, 11) is 0. The van der Waals surface area contributed by atoms with Gasteiger partial charge in [-0.1, -0.05) is 13.8 Å². The fourth-order valence-electron chi connectivity index (χ4n) is 1.63. The average Bonchev–Trinajstić information content (AvgIpc) is 2.12. The van der Waals surface area contributed by atoms with Gasteiger partial charge < -0.3 is 5.11 Å². The molecule has 0 saturated carbocycles. The fraction of sp³-hybridized carbons (Fsp3) is 0.538. The van der Waals surface area contributed by atoms with E-state index in [9.17, 15) is 13.9 Å². The van der Waals surface area contributed by atoms with E-state index in [0.29, 0.717) is 24.3 Å². The van der Waals surface area contributed by atoms with Gasteiger partial charge in [-0.25, -0.2) is 8.78 Å². The van der Waals surface area contributed by atoms with Crippen molar-refractivity contribution in [2.45, 2.75) is 39.2 Å². The van der Waals surface area contributed by atoms with Gasteiger partial charge in [0.1, 0.15) is 11.6 Å². The van der Waals surface area contributed by atoms with E-state index < -0.39 is 17.7 Å². The van der Waals surface area contributed by atoms with E-state index in [1.807, 2.05) is 0 Å². The summed E-state index contributed by atoms with van der Waals surface area (Å²) in [6, 6.07) is 3.37. The smallest absolute Gasteiger partial charge is 0.126 e. The van der Waals surface area contributed by atoms with Crippen molar-refractivity contribution in [2.24, 2.45) is 5.92 Å². The maximum Gasteiger partial charge on any atom is 0.126 e. The molecule has 1 aromatic carbocycles. The molecule has 1 rings (SSSR count). The Balaban J connectivity index is 2.52. The highest BCUT2D eigenvalue weighted by atomic mass is 19.1. The van der Waals surface area contributed by atoms with Crippen LogP contribution in [0.2, 0.25) is 0 Å². The van der Waals surface area contributed by atoms with E-state index in [2.05, 4.69) is 13.8 Å². The first-order valence-electron chi connectivity index (χ1n) is 5.60. The Kier molecular flexibility index (Phi) is 4.87. The van der Waals surface area contributed by atoms with Crippen LogP contribution in [0.4, 0.5) is 8.78 Å². The molecule has 0 saturated heterocycles. The van der Waals surface area contributed by atoms with E-state index >= 15 is 0 Å². The number of benzene rings is 1. The molecule has 0 aliphatic rings. The molecule has 1 atom stereocenters. The quantitative estimate of drug-likeness (QED) is 0.819. The predicted octanol–water partition coefficient (Wildman–Crippen LogP) is 3.30. The molecule has 3 heteroatoms. The summed E-state index contributed by atoms with van der Waals surface area (Å²) in [6.45, 7) is 4.16. The van der Waals surface area contributed by atoms with Crippen molar-refractivity contribution < 1.29 is 13.9 Å². The predicted molar refractivity (Wildman–Crippen MR) is 60.1 cm³/mol. The highest BCUT2D eigenvalue weighted by Crippen LogP contribution is 2.14. The van der Waals surface area contributed by atoms with Crippen LogP contribution in [0.15, 0.2) is 18.2 Å². The molecule has 0 radical (unpaired) electrons. The Morgan fingerprint density at radius 1 is 1.06 bits per heavy atom. The van der Waals surface area contributed by atoms with Crippen LogP contribution >= 0.6 is 0 Å². The normalized spacial score (nSPS) is 13.1. The van der Waals surface area contributed by atoms with Crippen LogP contribution in [-0.4, -0.2) is 11.2 Å². The van der Waals surface area contributed by atoms with E-state index in [4.69, 9.17) is 0 Å². The lowest BCUT2D eigenvalue weighted by Crippen LogP contribution is -2.11. The topological polar surface area (TPSA) is 20.2 Å². The van der Waals surface area contributed by atoms with Crippen LogP contribution in [0.25, 0.3) is 0 Å². The van der Waals surface area contributed by atoms with Crippen molar-refractivity contribution >= 4 is 0 Å². The van der Waals surface area contributed by atoms with Gasteiger partial charge in [-0.3, -0.25) is 0 Å². The molecular weight excluding hydrogens is 210 g/mol. The molecule has 0 aliphatic carbocycles. The van der Waals surface area contributed by atoms with Crippen molar-refractivity contribution in [3.05, 3.63) is 35.4 Å². The second-order valence-corrected chi connectivity index (χ2v) is 4.61. The van der Waals surface area contributed by atoms with Crippen molar-refractivity contribution in [3.8, 4) is 0 Å². The van der Waals surface area contributed by atoms with Crippen LogP contribution in [-0.2, 0) is 6.42 Å². The van der Waals surface area contributed by atoms with E-state index in [-0.39, 0.29) is 0 Å². The van der Waals surface area contributed by atoms with Gasteiger partial charge >= 0.3 is 0 Å². The van der Waals surface area contributed by atoms with Crippen molar-refractivity contribution in [1.29, 1.82) is 0 Å². The zero-order chi connectivity index (χ0) is 12.1. The minimum Gasteiger partial charge on any atom is -0.393 e. The molecule has 0 spiro atoms. The number of aliphatic hydroxyl groups excluding tert-OH is 1. The van der Waals surface area contributed by atoms with Crippen LogP contribution in [0.1, 0.15) is 32.3 Å². The third kappa shape index (κ3) is 4.71. The molecule has 0 bridgehead atoms. The number of rotatable bonds is 5. The Morgan fingerprint density at radius 2 is 1.62 bits per heavy atom. The molecule has 1 N–H and O–H groups in total. The largest absolute Gasteiger partial charge is 0.393 e. The maximum absolute atomic E-state index is 12.9. The zero-order valence-corrected chi connectivity index (χ0v) is 9.71. The standard InChI is InChI=1S/C13H18F2O/c1-9(2)3-4-13(16)7-10-5-11(14)8-12(15)6-10/h5-6,8-9,13,16H,3-4,7H2,1-2H3. The van der Waals surface area contributed by atoms with E-state index in [0.717, 1.165) is 12.5 Å². The summed E-state index contributed by atoms with van der Waals surface area (Å²) < 4.78 is 25.7. The van der Waals surface area contributed by atoms with Gasteiger partial charge in [0.05, 0.1) is 6.10 Å². The number of hydrogen-bond donors (Lipinski definition) is 1. The van der Waals surface area contributed by atoms with Crippen LogP contribution in [0, 0.1) is 17.6 Å². The molecule has 1 aromatic rings. The minimum atomic E-state index is -0.592. The molecule has 0 amide bonds. The maximum atomic E-state index is 12.9. The lowest BCUT2D eigenvalue weighted by atomic mass is 10.00. The first kappa shape index (κ1) is 13.1. The minimum absolute atomic E-state index is 0.307. The Labute approximate surface area is 95.1 Å². The number of hydrogen-bond acceptors (Lipinski definition) is 1. The summed E-state index contributed by atoms with van der Waals surface area (Å²) in [5.74, 6) is -0.656. The van der Waals surface area contributed by atoms with Gasteiger partial charge in [0.2, 0.25) is 0 Å². The molecule has 0 aliphatic heterocycles. The second-order valence-electron chi connectivity index (χ2n) is 4.61. The number of halogens is 2. The Bertz CT molecular complexity index is 316. The summed E-state index contributed by atoms with van der Waals surface area (Å²) >= 11 is 0. The Morgan fingerprint density at radius 3 is 2.12 bits per heavy atom.